The number of hydrogen-bond acceptors (Lipinski definition) is 0. The fraction of sp³-hybridized carbons (Fsp3) is 0.0175. The van der Waals surface area contributed by atoms with Crippen molar-refractivity contribution in [2.45, 2.75) is 0 Å². The molecular weight excluding hydrogens is 727 g/mol. The number of rotatable bonds is 4. The second kappa shape index (κ2) is 12.6. The third-order valence-corrected chi connectivity index (χ3v) is 13.0. The molecule has 0 bridgehead atoms. The van der Waals surface area contributed by atoms with Crippen molar-refractivity contribution in [1.29, 1.82) is 0 Å². The highest BCUT2D eigenvalue weighted by molar-refractivity contribution is 6.22. The van der Waals surface area contributed by atoms with Crippen LogP contribution in [0.4, 0.5) is 0 Å². The van der Waals surface area contributed by atoms with Crippen LogP contribution in [0.5, 0.6) is 0 Å². The smallest absolute Gasteiger partial charge is 0.0547 e. The molecule has 0 radical (unpaired) electrons. The fourth-order valence-corrected chi connectivity index (χ4v) is 10.2. The molecule has 0 aliphatic heterocycles. The van der Waals surface area contributed by atoms with E-state index in [-0.39, 0.29) is 0 Å². The zero-order valence-corrected chi connectivity index (χ0v) is 33.0. The lowest BCUT2D eigenvalue weighted by molar-refractivity contribution is 1.01. The Labute approximate surface area is 346 Å². The molecule has 10 aromatic carbocycles. The lowest BCUT2D eigenvalue weighted by Crippen LogP contribution is -1.93. The van der Waals surface area contributed by atoms with E-state index < -0.39 is 0 Å². The van der Waals surface area contributed by atoms with Crippen molar-refractivity contribution < 1.29 is 0 Å². The van der Waals surface area contributed by atoms with Crippen LogP contribution in [0.2, 0.25) is 0 Å². The Morgan fingerprint density at radius 2 is 0.867 bits per heavy atom. The second-order valence-electron chi connectivity index (χ2n) is 16.2. The van der Waals surface area contributed by atoms with E-state index in [1.165, 1.54) is 115 Å². The van der Waals surface area contributed by atoms with Gasteiger partial charge in [0.05, 0.1) is 22.1 Å². The van der Waals surface area contributed by atoms with E-state index in [2.05, 4.69) is 227 Å². The number of para-hydroxylation sites is 2. The van der Waals surface area contributed by atoms with Crippen molar-refractivity contribution in [3.63, 3.8) is 0 Å². The first-order valence-electron chi connectivity index (χ1n) is 20.7. The van der Waals surface area contributed by atoms with E-state index in [1.807, 2.05) is 0 Å². The Kier molecular flexibility index (Phi) is 6.93. The lowest BCUT2D eigenvalue weighted by Gasteiger charge is -2.10. The highest BCUT2D eigenvalue weighted by Crippen LogP contribution is 2.43. The van der Waals surface area contributed by atoms with Crippen molar-refractivity contribution in [2.24, 2.45) is 7.05 Å². The van der Waals surface area contributed by atoms with Gasteiger partial charge in [-0.2, -0.15) is 0 Å². The quantitative estimate of drug-likeness (QED) is 0.170. The number of aryl methyl sites for hydroxylation is 1. The number of nitrogens with zero attached hydrogens (tertiary/aromatic N) is 3. The maximum Gasteiger partial charge on any atom is 0.0547 e. The van der Waals surface area contributed by atoms with Gasteiger partial charge in [-0.05, 0) is 123 Å². The van der Waals surface area contributed by atoms with Crippen LogP contribution in [0.3, 0.4) is 0 Å². The summed E-state index contributed by atoms with van der Waals surface area (Å²) in [6.45, 7) is 0. The first-order chi connectivity index (χ1) is 29.7. The van der Waals surface area contributed by atoms with E-state index in [0.29, 0.717) is 0 Å². The molecule has 13 aromatic rings. The first kappa shape index (κ1) is 33.1. The van der Waals surface area contributed by atoms with Gasteiger partial charge in [-0.3, -0.25) is 0 Å². The summed E-state index contributed by atoms with van der Waals surface area (Å²) in [6.07, 6.45) is 0. The highest BCUT2D eigenvalue weighted by atomic mass is 15.0. The van der Waals surface area contributed by atoms with Crippen LogP contribution in [0.25, 0.3) is 121 Å². The monoisotopic (exact) mass is 763 g/mol. The molecule has 0 amide bonds. The third-order valence-electron chi connectivity index (χ3n) is 13.0. The van der Waals surface area contributed by atoms with Gasteiger partial charge in [-0.25, -0.2) is 0 Å². The first-order valence-corrected chi connectivity index (χ1v) is 20.7. The molecule has 0 spiro atoms. The average molecular weight is 764 g/mol. The Hall–Kier alpha value is -7.88. The molecule has 3 aromatic heterocycles. The Balaban J connectivity index is 1.03. The maximum atomic E-state index is 2.44. The lowest BCUT2D eigenvalue weighted by atomic mass is 9.96. The zero-order valence-electron chi connectivity index (χ0n) is 33.0. The number of fused-ring (bicyclic) bond motifs is 12. The standard InChI is InChI=1S/C57H37N3/c1-58-50-28-25-39(40-26-29-51-49(33-40)57-44-20-11-10-13-36(44)24-30-53(57)59(51)42-16-4-2-5-17-42)32-48(50)56-45(21-12-22-52(56)58)41-23-27-46-47-31-37-14-8-9-15-38(37)34-55(47)60(54(46)35-41)43-18-6-3-7-19-43/h2-35H,1H3. The van der Waals surface area contributed by atoms with Gasteiger partial charge >= 0.3 is 0 Å². The maximum absolute atomic E-state index is 2.44. The minimum atomic E-state index is 1.16. The largest absolute Gasteiger partial charge is 0.344 e. The van der Waals surface area contributed by atoms with E-state index in [9.17, 15) is 0 Å². The SMILES string of the molecule is Cn1c2ccc(-c3ccc4c(c3)c3c5ccccc5ccc3n4-c3ccccc3)cc2c2c(-c3ccc4c5cc6ccccc6cc5n(-c5ccccc5)c4c3)cccc21. The van der Waals surface area contributed by atoms with Crippen LogP contribution in [0, 0.1) is 0 Å². The van der Waals surface area contributed by atoms with Crippen molar-refractivity contribution in [3.8, 4) is 33.6 Å². The fourth-order valence-electron chi connectivity index (χ4n) is 10.2. The number of hydrogen-bond donors (Lipinski definition) is 0. The van der Waals surface area contributed by atoms with Crippen molar-refractivity contribution >= 4 is 87.0 Å². The summed E-state index contributed by atoms with van der Waals surface area (Å²) in [5.41, 5.74) is 14.5. The predicted octanol–water partition coefficient (Wildman–Crippen LogP) is 15.2. The molecule has 0 aliphatic rings. The summed E-state index contributed by atoms with van der Waals surface area (Å²) in [5, 5.41) is 12.6. The van der Waals surface area contributed by atoms with Gasteiger partial charge < -0.3 is 13.7 Å². The molecule has 60 heavy (non-hydrogen) atoms. The van der Waals surface area contributed by atoms with Crippen molar-refractivity contribution in [3.05, 3.63) is 206 Å². The molecule has 0 fully saturated rings. The summed E-state index contributed by atoms with van der Waals surface area (Å²) in [4.78, 5) is 0. The van der Waals surface area contributed by atoms with Gasteiger partial charge in [-0.15, -0.1) is 0 Å². The summed E-state index contributed by atoms with van der Waals surface area (Å²) in [5.74, 6) is 0. The summed E-state index contributed by atoms with van der Waals surface area (Å²) in [6, 6.07) is 76.1. The molecule has 13 rings (SSSR count). The van der Waals surface area contributed by atoms with E-state index in [0.717, 1.165) is 5.69 Å². The van der Waals surface area contributed by atoms with Gasteiger partial charge in [0.2, 0.25) is 0 Å². The minimum Gasteiger partial charge on any atom is -0.344 e. The van der Waals surface area contributed by atoms with Crippen LogP contribution in [-0.2, 0) is 7.05 Å². The van der Waals surface area contributed by atoms with Gasteiger partial charge in [0.1, 0.15) is 0 Å². The molecule has 3 nitrogen and oxygen atoms in total. The van der Waals surface area contributed by atoms with E-state index >= 15 is 0 Å². The molecule has 0 aliphatic carbocycles. The molecule has 0 atom stereocenters. The number of aromatic nitrogens is 3. The second-order valence-corrected chi connectivity index (χ2v) is 16.2. The predicted molar refractivity (Wildman–Crippen MR) is 255 cm³/mol. The Bertz CT molecular complexity index is 3880. The molecule has 0 saturated heterocycles. The van der Waals surface area contributed by atoms with Crippen LogP contribution in [-0.4, -0.2) is 13.7 Å². The molecule has 3 heteroatoms. The number of benzene rings is 10. The van der Waals surface area contributed by atoms with Crippen molar-refractivity contribution in [2.75, 3.05) is 0 Å². The molecule has 0 unspecified atom stereocenters. The Morgan fingerprint density at radius 1 is 0.283 bits per heavy atom. The highest BCUT2D eigenvalue weighted by Gasteiger charge is 2.20. The van der Waals surface area contributed by atoms with Gasteiger partial charge in [0.15, 0.2) is 0 Å². The van der Waals surface area contributed by atoms with E-state index in [4.69, 9.17) is 0 Å². The zero-order chi connectivity index (χ0) is 39.5. The molecule has 3 heterocycles. The summed E-state index contributed by atoms with van der Waals surface area (Å²) in [7, 11) is 2.20. The topological polar surface area (TPSA) is 14.8 Å². The summed E-state index contributed by atoms with van der Waals surface area (Å²) >= 11 is 0. The van der Waals surface area contributed by atoms with Gasteiger partial charge in [0, 0.05) is 61.8 Å². The average Bonchev–Trinajstić information content (AvgIpc) is 3.92. The molecular formula is C57H37N3. The van der Waals surface area contributed by atoms with Gasteiger partial charge in [0.25, 0.3) is 0 Å². The Morgan fingerprint density at radius 3 is 1.62 bits per heavy atom. The molecule has 280 valence electrons. The third kappa shape index (κ3) is 4.72. The van der Waals surface area contributed by atoms with Gasteiger partial charge in [-0.1, -0.05) is 127 Å². The van der Waals surface area contributed by atoms with Crippen LogP contribution in [0.15, 0.2) is 206 Å². The molecule has 0 saturated carbocycles. The summed E-state index contributed by atoms with van der Waals surface area (Å²) < 4.78 is 7.21. The van der Waals surface area contributed by atoms with Crippen molar-refractivity contribution in [1.82, 2.24) is 13.7 Å². The minimum absolute atomic E-state index is 1.16. The van der Waals surface area contributed by atoms with Crippen LogP contribution >= 0.6 is 0 Å². The van der Waals surface area contributed by atoms with Crippen LogP contribution < -0.4 is 0 Å². The van der Waals surface area contributed by atoms with E-state index in [1.54, 1.807) is 0 Å². The normalized spacial score (nSPS) is 12.1. The molecule has 0 N–H and O–H groups in total. The van der Waals surface area contributed by atoms with Crippen LogP contribution in [0.1, 0.15) is 0 Å².